The number of carbonyl (C=O) groups is 6. The summed E-state index contributed by atoms with van der Waals surface area (Å²) in [6.45, 7) is 12.4. The molecule has 0 spiro atoms. The van der Waals surface area contributed by atoms with Gasteiger partial charge in [0.1, 0.15) is 23.9 Å². The van der Waals surface area contributed by atoms with E-state index in [1.54, 1.807) is 120 Å². The summed E-state index contributed by atoms with van der Waals surface area (Å²) in [6.07, 6.45) is -5.29. The predicted octanol–water partition coefficient (Wildman–Crippen LogP) is 6.29. The molecule has 3 aromatic rings. The minimum absolute atomic E-state index is 0.164. The van der Waals surface area contributed by atoms with Crippen molar-refractivity contribution in [3.63, 3.8) is 0 Å². The van der Waals surface area contributed by atoms with Gasteiger partial charge in [0.2, 0.25) is 0 Å². The van der Waals surface area contributed by atoms with Crippen LogP contribution >= 0.6 is 0 Å². The van der Waals surface area contributed by atoms with Crippen molar-refractivity contribution in [3.8, 4) is 0 Å². The molecule has 11 atom stereocenters. The van der Waals surface area contributed by atoms with E-state index in [-0.39, 0.29) is 30.6 Å². The first-order valence-electron chi connectivity index (χ1n) is 21.1. The van der Waals surface area contributed by atoms with Crippen LogP contribution in [0.5, 0.6) is 0 Å². The molecule has 1 aliphatic heterocycles. The van der Waals surface area contributed by atoms with E-state index in [9.17, 15) is 29.1 Å². The van der Waals surface area contributed by atoms with E-state index in [1.165, 1.54) is 13.8 Å². The molecular formula is C49H55NO12. The number of aliphatic hydroxyl groups is 1. The Hall–Kier alpha value is -5.66. The van der Waals surface area contributed by atoms with Crippen LogP contribution < -0.4 is 5.32 Å². The van der Waals surface area contributed by atoms with Crippen LogP contribution in [0.4, 0.5) is 0 Å². The quantitative estimate of drug-likeness (QED) is 0.133. The Morgan fingerprint density at radius 1 is 0.823 bits per heavy atom. The highest BCUT2D eigenvalue weighted by molar-refractivity contribution is 5.96. The third-order valence-electron chi connectivity index (χ3n) is 14.3. The number of rotatable bonds is 10. The molecule has 2 N–H and O–H groups in total. The van der Waals surface area contributed by atoms with E-state index < -0.39 is 106 Å². The zero-order valence-corrected chi connectivity index (χ0v) is 36.3. The number of esters is 4. The number of nitrogens with one attached hydrogen (secondary N) is 1. The first kappa shape index (κ1) is 44.4. The zero-order chi connectivity index (χ0) is 44.9. The van der Waals surface area contributed by atoms with E-state index in [1.807, 2.05) is 13.0 Å². The number of ether oxygens (including phenoxy) is 5. The van der Waals surface area contributed by atoms with E-state index in [2.05, 4.69) is 5.32 Å². The summed E-state index contributed by atoms with van der Waals surface area (Å²) in [7, 11) is 0. The van der Waals surface area contributed by atoms with Crippen LogP contribution in [0.15, 0.2) is 102 Å². The Balaban J connectivity index is 1.39. The number of hydrogen-bond donors (Lipinski definition) is 2. The predicted molar refractivity (Wildman–Crippen MR) is 224 cm³/mol. The molecule has 1 unspecified atom stereocenters. The van der Waals surface area contributed by atoms with E-state index in [0.717, 1.165) is 0 Å². The minimum atomic E-state index is -2.20. The highest BCUT2D eigenvalue weighted by atomic mass is 16.6. The third kappa shape index (κ3) is 7.32. The molecular weight excluding hydrogens is 795 g/mol. The largest absolute Gasteiger partial charge is 0.457 e. The Bertz CT molecular complexity index is 2280. The molecule has 0 radical (unpaired) electrons. The lowest BCUT2D eigenvalue weighted by Gasteiger charge is -2.68. The maximum atomic E-state index is 15.7. The number of ketones is 1. The van der Waals surface area contributed by atoms with E-state index in [0.29, 0.717) is 16.7 Å². The number of carbonyl (C=O) groups excluding carboxylic acids is 6. The van der Waals surface area contributed by atoms with Crippen LogP contribution in [0.3, 0.4) is 0 Å². The molecule has 7 rings (SSSR count). The average Bonchev–Trinajstić information content (AvgIpc) is 3.24. The maximum absolute atomic E-state index is 15.7. The van der Waals surface area contributed by atoms with Crippen molar-refractivity contribution in [1.82, 2.24) is 5.32 Å². The molecule has 3 fully saturated rings. The van der Waals surface area contributed by atoms with Gasteiger partial charge in [-0.25, -0.2) is 4.79 Å². The molecule has 328 valence electrons. The molecule has 62 heavy (non-hydrogen) atoms. The number of fused-ring (bicyclic) bond motifs is 5. The van der Waals surface area contributed by atoms with Crippen LogP contribution in [0, 0.1) is 28.6 Å². The lowest BCUT2D eigenvalue weighted by Crippen LogP contribution is -2.80. The second-order valence-corrected chi connectivity index (χ2v) is 18.1. The second-order valence-electron chi connectivity index (χ2n) is 18.1. The van der Waals surface area contributed by atoms with Gasteiger partial charge >= 0.3 is 23.9 Å². The van der Waals surface area contributed by atoms with Gasteiger partial charge in [0.05, 0.1) is 30.0 Å². The average molecular weight is 850 g/mol. The molecule has 13 nitrogen and oxygen atoms in total. The standard InChI is InChI=1S/C49H55NO12/c1-27-24-36-48(26-58-36,62-31(5)52)40-42(61-45(56)34-22-16-11-17-23-34)49(57)25-35(28(2)37(46(49,6)7)39(59-30(4)51)41(53)47(27,40)8)60-44(55)29(3)38(32-18-12-9-13-19-32)50-43(54)33-20-14-10-15-21-33/h9-23,27,29,35-36,38-40,42,57H,24-26H2,1-8H3,(H,50,54)/t27-,29+,35-,36?,38+,39+,40-,42-,47+,48-,49+/m0/s1. The van der Waals surface area contributed by atoms with Gasteiger partial charge in [-0.15, -0.1) is 0 Å². The summed E-state index contributed by atoms with van der Waals surface area (Å²) in [5.74, 6) is -6.76. The van der Waals surface area contributed by atoms with Crippen LogP contribution in [0.2, 0.25) is 0 Å². The molecule has 13 heteroatoms. The fourth-order valence-electron chi connectivity index (χ4n) is 10.7. The SMILES string of the molecule is CC(=O)O[C@H]1C(=O)[C@]2(C)[C@@H](C)CC3OC[C@@]3(OC(C)=O)[C@H]2[C@H](OC(=O)c2ccccc2)[C@]2(O)C[C@H](OC(=O)[C@H](C)[C@@H](NC(=O)c3ccccc3)c3ccccc3)C(C)=C1C2(C)C. The van der Waals surface area contributed by atoms with Crippen LogP contribution in [-0.4, -0.2) is 82.9 Å². The fourth-order valence-corrected chi connectivity index (χ4v) is 10.7. The van der Waals surface area contributed by atoms with Gasteiger partial charge in [0.15, 0.2) is 17.5 Å². The summed E-state index contributed by atoms with van der Waals surface area (Å²) < 4.78 is 31.2. The number of amides is 1. The van der Waals surface area contributed by atoms with Crippen molar-refractivity contribution in [1.29, 1.82) is 0 Å². The van der Waals surface area contributed by atoms with E-state index >= 15 is 4.79 Å². The Morgan fingerprint density at radius 2 is 1.40 bits per heavy atom. The molecule has 4 aliphatic rings. The molecule has 3 aromatic carbocycles. The monoisotopic (exact) mass is 849 g/mol. The van der Waals surface area contributed by atoms with Crippen molar-refractivity contribution < 1.29 is 57.6 Å². The summed E-state index contributed by atoms with van der Waals surface area (Å²) in [4.78, 5) is 84.3. The first-order valence-corrected chi connectivity index (χ1v) is 21.1. The molecule has 1 saturated heterocycles. The highest BCUT2D eigenvalue weighted by Crippen LogP contribution is 2.65. The van der Waals surface area contributed by atoms with Crippen LogP contribution in [-0.2, 0) is 42.9 Å². The van der Waals surface area contributed by atoms with Gasteiger partial charge in [-0.2, -0.15) is 0 Å². The number of hydrogen-bond acceptors (Lipinski definition) is 12. The van der Waals surface area contributed by atoms with Crippen molar-refractivity contribution in [2.45, 2.75) is 110 Å². The molecule has 0 aromatic heterocycles. The van der Waals surface area contributed by atoms with Crippen LogP contribution in [0.25, 0.3) is 0 Å². The van der Waals surface area contributed by atoms with E-state index in [4.69, 9.17) is 23.7 Å². The second kappa shape index (κ2) is 16.6. The minimum Gasteiger partial charge on any atom is -0.457 e. The molecule has 1 amide bonds. The van der Waals surface area contributed by atoms with Crippen molar-refractivity contribution in [3.05, 3.63) is 119 Å². The number of Topliss-reactive ketones (excluding diaryl/α,β-unsaturated/α-hetero) is 1. The maximum Gasteiger partial charge on any atom is 0.338 e. The van der Waals surface area contributed by atoms with Crippen molar-refractivity contribution in [2.24, 2.45) is 28.6 Å². The zero-order valence-electron chi connectivity index (χ0n) is 36.3. The Kier molecular flexibility index (Phi) is 11.9. The molecule has 3 aliphatic carbocycles. The normalized spacial score (nSPS) is 31.9. The topological polar surface area (TPSA) is 181 Å². The van der Waals surface area contributed by atoms with Crippen molar-refractivity contribution in [2.75, 3.05) is 6.61 Å². The van der Waals surface area contributed by atoms with Gasteiger partial charge < -0.3 is 34.1 Å². The highest BCUT2D eigenvalue weighted by Gasteiger charge is 2.77. The lowest BCUT2D eigenvalue weighted by molar-refractivity contribution is -0.340. The molecule has 1 heterocycles. The van der Waals surface area contributed by atoms with Gasteiger partial charge in [-0.3, -0.25) is 24.0 Å². The number of benzene rings is 3. The summed E-state index contributed by atoms with van der Waals surface area (Å²) >= 11 is 0. The summed E-state index contributed by atoms with van der Waals surface area (Å²) in [6, 6.07) is 24.9. The van der Waals surface area contributed by atoms with Crippen molar-refractivity contribution >= 4 is 35.6 Å². The molecule has 2 saturated carbocycles. The summed E-state index contributed by atoms with van der Waals surface area (Å²) in [5.41, 5.74) is -5.11. The lowest BCUT2D eigenvalue weighted by atomic mass is 9.43. The third-order valence-corrected chi connectivity index (χ3v) is 14.3. The Morgan fingerprint density at radius 3 is 1.95 bits per heavy atom. The van der Waals surface area contributed by atoms with Gasteiger partial charge in [-0.05, 0) is 67.2 Å². The van der Waals surface area contributed by atoms with Crippen LogP contribution in [0.1, 0.15) is 101 Å². The first-order chi connectivity index (χ1) is 29.3. The Labute approximate surface area is 361 Å². The smallest absolute Gasteiger partial charge is 0.338 e. The van der Waals surface area contributed by atoms with Gasteiger partial charge in [0.25, 0.3) is 5.91 Å². The summed E-state index contributed by atoms with van der Waals surface area (Å²) in [5, 5.41) is 16.8. The molecule has 2 bridgehead atoms. The fraction of sp³-hybridized carbons (Fsp3) is 0.469. The van der Waals surface area contributed by atoms with Gasteiger partial charge in [-0.1, -0.05) is 94.4 Å². The van der Waals surface area contributed by atoms with Gasteiger partial charge in [0, 0.05) is 36.7 Å².